The molecule has 0 aliphatic heterocycles. The van der Waals surface area contributed by atoms with Crippen LogP contribution in [0, 0.1) is 0 Å². The molecule has 83 heavy (non-hydrogen) atoms. The number of hydrogen-bond acceptors (Lipinski definition) is 2. The number of para-hydroxylation sites is 4. The zero-order valence-electron chi connectivity index (χ0n) is 51.3. The summed E-state index contributed by atoms with van der Waals surface area (Å²) in [6.07, 6.45) is 28.0. The van der Waals surface area contributed by atoms with E-state index in [0.29, 0.717) is 0 Å². The molecular formula is C81H92N2. The van der Waals surface area contributed by atoms with Crippen molar-refractivity contribution in [2.75, 3.05) is 9.80 Å². The molecule has 7 aliphatic carbocycles. The summed E-state index contributed by atoms with van der Waals surface area (Å²) in [6.45, 7) is 14.8. The van der Waals surface area contributed by atoms with E-state index < -0.39 is 0 Å². The Hall–Kier alpha value is -6.64. The van der Waals surface area contributed by atoms with E-state index in [1.807, 2.05) is 0 Å². The van der Waals surface area contributed by atoms with Gasteiger partial charge in [-0.2, -0.15) is 0 Å². The maximum Gasteiger partial charge on any atom is 0.0540 e. The van der Waals surface area contributed by atoms with Gasteiger partial charge in [-0.1, -0.05) is 240 Å². The Balaban J connectivity index is 0.964. The molecule has 0 aromatic heterocycles. The molecule has 0 amide bonds. The van der Waals surface area contributed by atoms with Crippen LogP contribution in [0.5, 0.6) is 0 Å². The zero-order valence-corrected chi connectivity index (χ0v) is 51.3. The number of hydrogen-bond donors (Lipinski definition) is 0. The second kappa shape index (κ2) is 22.7. The van der Waals surface area contributed by atoms with E-state index in [1.165, 1.54) is 207 Å². The summed E-state index contributed by atoms with van der Waals surface area (Å²) in [7, 11) is 0. The minimum absolute atomic E-state index is 0.164. The third kappa shape index (κ3) is 10.0. The topological polar surface area (TPSA) is 6.48 Å². The van der Waals surface area contributed by atoms with Crippen LogP contribution in [0.4, 0.5) is 34.1 Å². The van der Waals surface area contributed by atoms with Gasteiger partial charge >= 0.3 is 0 Å². The third-order valence-corrected chi connectivity index (χ3v) is 22.3. The van der Waals surface area contributed by atoms with Gasteiger partial charge in [-0.05, 0) is 202 Å². The van der Waals surface area contributed by atoms with Crippen molar-refractivity contribution in [2.45, 2.75) is 210 Å². The van der Waals surface area contributed by atoms with Crippen molar-refractivity contribution >= 4 is 34.1 Å². The van der Waals surface area contributed by atoms with Crippen LogP contribution in [-0.4, -0.2) is 0 Å². The fourth-order valence-electron chi connectivity index (χ4n) is 16.9. The lowest BCUT2D eigenvalue weighted by atomic mass is 9.52. The minimum Gasteiger partial charge on any atom is -0.310 e. The number of unbranched alkanes of at least 4 members (excludes halogenated alkanes) is 10. The molecule has 8 aromatic carbocycles. The second-order valence-corrected chi connectivity index (χ2v) is 27.7. The van der Waals surface area contributed by atoms with E-state index in [0.717, 1.165) is 12.8 Å². The summed E-state index contributed by atoms with van der Waals surface area (Å²) >= 11 is 0. The average Bonchev–Trinajstić information content (AvgIpc) is 3.31. The van der Waals surface area contributed by atoms with Crippen LogP contribution in [0.25, 0.3) is 33.4 Å². The van der Waals surface area contributed by atoms with Crippen LogP contribution in [0.1, 0.15) is 216 Å². The molecule has 0 saturated heterocycles. The van der Waals surface area contributed by atoms with Crippen LogP contribution in [0.3, 0.4) is 0 Å². The maximum atomic E-state index is 2.68. The first kappa shape index (κ1) is 55.5. The monoisotopic (exact) mass is 1090 g/mol. The average molecular weight is 1090 g/mol. The van der Waals surface area contributed by atoms with Gasteiger partial charge in [0, 0.05) is 39.3 Å². The van der Waals surface area contributed by atoms with Crippen LogP contribution < -0.4 is 9.80 Å². The summed E-state index contributed by atoms with van der Waals surface area (Å²) in [5.41, 5.74) is 25.7. The molecule has 0 unspecified atom stereocenters. The molecule has 4 bridgehead atoms. The second-order valence-electron chi connectivity index (χ2n) is 27.7. The summed E-state index contributed by atoms with van der Waals surface area (Å²) in [4.78, 5) is 5.19. The SMILES string of the molecule is CCCCCCCCC1(CCCCCCCC)c2cc(N(c3ccccc3)c3ccccc3-c3ccc4c(c3)C3(C)CCC4(C)CC3)ccc2-c2ccc(N(c3ccccc3)c3ccccc3-c3ccc4c(c3)C3(C)CCC4(C)CC3)cc21. The Morgan fingerprint density at radius 1 is 0.289 bits per heavy atom. The highest BCUT2D eigenvalue weighted by molar-refractivity contribution is 5.93. The Kier molecular flexibility index (Phi) is 15.2. The van der Waals surface area contributed by atoms with Crippen molar-refractivity contribution in [2.24, 2.45) is 0 Å². The number of fused-ring (bicyclic) bond motifs is 7. The molecular weight excluding hydrogens is 1000 g/mol. The van der Waals surface area contributed by atoms with Crippen molar-refractivity contribution in [3.63, 3.8) is 0 Å². The number of rotatable bonds is 22. The lowest BCUT2D eigenvalue weighted by molar-refractivity contribution is 0.188. The van der Waals surface area contributed by atoms with E-state index in [4.69, 9.17) is 0 Å². The Morgan fingerprint density at radius 2 is 0.639 bits per heavy atom. The molecule has 7 aliphatic rings. The molecule has 0 heterocycles. The highest BCUT2D eigenvalue weighted by atomic mass is 15.2. The fraction of sp³-hybridized carbons (Fsp3) is 0.407. The molecule has 0 spiro atoms. The molecule has 0 atom stereocenters. The number of benzene rings is 8. The first-order valence-corrected chi connectivity index (χ1v) is 33.0. The Morgan fingerprint density at radius 3 is 1.04 bits per heavy atom. The quantitative estimate of drug-likeness (QED) is 0.0624. The van der Waals surface area contributed by atoms with Crippen LogP contribution >= 0.6 is 0 Å². The van der Waals surface area contributed by atoms with Gasteiger partial charge in [-0.15, -0.1) is 0 Å². The van der Waals surface area contributed by atoms with Crippen LogP contribution in [0.15, 0.2) is 182 Å². The van der Waals surface area contributed by atoms with Crippen molar-refractivity contribution in [3.05, 3.63) is 215 Å². The lowest BCUT2D eigenvalue weighted by Crippen LogP contribution is -2.44. The fourth-order valence-corrected chi connectivity index (χ4v) is 16.9. The molecule has 15 rings (SSSR count). The van der Waals surface area contributed by atoms with Gasteiger partial charge in [-0.3, -0.25) is 0 Å². The van der Waals surface area contributed by atoms with Gasteiger partial charge in [0.1, 0.15) is 0 Å². The Labute approximate surface area is 499 Å². The first-order chi connectivity index (χ1) is 40.5. The smallest absolute Gasteiger partial charge is 0.0540 e. The zero-order chi connectivity index (χ0) is 56.8. The van der Waals surface area contributed by atoms with E-state index >= 15 is 0 Å². The van der Waals surface area contributed by atoms with E-state index in [2.05, 4.69) is 233 Å². The van der Waals surface area contributed by atoms with Crippen molar-refractivity contribution in [1.29, 1.82) is 0 Å². The van der Waals surface area contributed by atoms with Crippen LogP contribution in [0.2, 0.25) is 0 Å². The van der Waals surface area contributed by atoms with Crippen LogP contribution in [-0.2, 0) is 27.1 Å². The summed E-state index contributed by atoms with van der Waals surface area (Å²) in [6, 6.07) is 71.5. The van der Waals surface area contributed by atoms with E-state index in [-0.39, 0.29) is 27.1 Å². The van der Waals surface area contributed by atoms with E-state index in [9.17, 15) is 0 Å². The predicted molar refractivity (Wildman–Crippen MR) is 355 cm³/mol. The molecule has 0 radical (unpaired) electrons. The van der Waals surface area contributed by atoms with Gasteiger partial charge in [-0.25, -0.2) is 0 Å². The number of nitrogens with zero attached hydrogens (tertiary/aromatic N) is 2. The predicted octanol–water partition coefficient (Wildman–Crippen LogP) is 23.9. The molecule has 2 saturated carbocycles. The standard InChI is InChI=1S/C81H92N2/c1-7-9-11-13-15-27-45-81(46-28-16-14-12-10-8-2)71-57-63(82(61-29-19-17-20-30-61)75-35-25-23-33-65(75)59-37-43-69-73(55-59)79(5)51-47-77(69,3)48-52-79)39-41-67(71)68-42-40-64(58-72(68)81)83(62-31-21-18-22-32-62)76-36-26-24-34-66(76)60-38-44-70-74(56-60)80(6)53-49-78(70,4)50-54-80/h17-26,29-44,55-58H,7-16,27-28,45-54H2,1-6H3. The maximum absolute atomic E-state index is 2.68. The Bertz CT molecular complexity index is 3350. The molecule has 2 nitrogen and oxygen atoms in total. The summed E-state index contributed by atoms with van der Waals surface area (Å²) in [5.74, 6) is 0. The first-order valence-electron chi connectivity index (χ1n) is 33.0. The summed E-state index contributed by atoms with van der Waals surface area (Å²) < 4.78 is 0. The van der Waals surface area contributed by atoms with Crippen molar-refractivity contribution in [1.82, 2.24) is 0 Å². The molecule has 426 valence electrons. The molecule has 0 N–H and O–H groups in total. The van der Waals surface area contributed by atoms with Gasteiger partial charge in [0.05, 0.1) is 11.4 Å². The van der Waals surface area contributed by atoms with Gasteiger partial charge in [0.15, 0.2) is 0 Å². The lowest BCUT2D eigenvalue weighted by Gasteiger charge is -2.52. The van der Waals surface area contributed by atoms with E-state index in [1.54, 1.807) is 22.3 Å². The molecule has 2 fully saturated rings. The number of anilines is 6. The normalized spacial score (nSPS) is 22.2. The highest BCUT2D eigenvalue weighted by Crippen LogP contribution is 2.61. The third-order valence-electron chi connectivity index (χ3n) is 22.3. The summed E-state index contributed by atoms with van der Waals surface area (Å²) in [5, 5.41) is 0. The van der Waals surface area contributed by atoms with Gasteiger partial charge < -0.3 is 9.80 Å². The largest absolute Gasteiger partial charge is 0.310 e. The molecule has 2 heteroatoms. The minimum atomic E-state index is -0.164. The van der Waals surface area contributed by atoms with Crippen molar-refractivity contribution in [3.8, 4) is 33.4 Å². The van der Waals surface area contributed by atoms with Gasteiger partial charge in [0.25, 0.3) is 0 Å². The molecule has 8 aromatic rings. The van der Waals surface area contributed by atoms with Crippen molar-refractivity contribution < 1.29 is 0 Å². The van der Waals surface area contributed by atoms with Gasteiger partial charge in [0.2, 0.25) is 0 Å². The highest BCUT2D eigenvalue weighted by Gasteiger charge is 2.49.